The summed E-state index contributed by atoms with van der Waals surface area (Å²) in [4.78, 5) is -0.937. The van der Waals surface area contributed by atoms with Gasteiger partial charge in [-0.2, -0.15) is 13.1 Å². The monoisotopic (exact) mass is 300 g/mol. The molecule has 0 aliphatic heterocycles. The first-order chi connectivity index (χ1) is 8.29. The molecule has 0 aliphatic carbocycles. The minimum absolute atomic E-state index is 0.0528. The topological polar surface area (TPSA) is 69.7 Å². The summed E-state index contributed by atoms with van der Waals surface area (Å²) in [5, 5.41) is 0. The lowest BCUT2D eigenvalue weighted by molar-refractivity contribution is -0.0836. The molecule has 102 valence electrons. The Morgan fingerprint density at radius 3 is 2.33 bits per heavy atom. The lowest BCUT2D eigenvalue weighted by atomic mass is 10.1. The predicted octanol–water partition coefficient (Wildman–Crippen LogP) is 2.27. The van der Waals surface area contributed by atoms with Crippen molar-refractivity contribution in [1.82, 2.24) is 0 Å². The van der Waals surface area contributed by atoms with E-state index in [1.165, 1.54) is 6.92 Å². The van der Waals surface area contributed by atoms with Gasteiger partial charge in [-0.05, 0) is 18.6 Å². The van der Waals surface area contributed by atoms with Crippen molar-refractivity contribution in [1.29, 1.82) is 0 Å². The highest BCUT2D eigenvalue weighted by molar-refractivity contribution is 7.86. The summed E-state index contributed by atoms with van der Waals surface area (Å²) in [6, 6.07) is 1.48. The average Bonchev–Trinajstić information content (AvgIpc) is 2.29. The first kappa shape index (κ1) is 15.2. The van der Waals surface area contributed by atoms with Crippen LogP contribution in [0.25, 0.3) is 0 Å². The van der Waals surface area contributed by atoms with Crippen molar-refractivity contribution in [2.75, 3.05) is 6.66 Å². The van der Waals surface area contributed by atoms with E-state index in [9.17, 15) is 21.8 Å². The molecule has 0 heterocycles. The Labute approximate surface area is 104 Å². The van der Waals surface area contributed by atoms with E-state index in [4.69, 9.17) is 0 Å². The van der Waals surface area contributed by atoms with E-state index in [-0.39, 0.29) is 12.0 Å². The van der Waals surface area contributed by atoms with Crippen molar-refractivity contribution in [3.05, 3.63) is 29.3 Å². The van der Waals surface area contributed by atoms with Crippen molar-refractivity contribution in [3.63, 3.8) is 0 Å². The summed E-state index contributed by atoms with van der Waals surface area (Å²) < 4.78 is 68.7. The molecule has 0 aromatic heterocycles. The Morgan fingerprint density at radius 2 is 1.83 bits per heavy atom. The van der Waals surface area contributed by atoms with Crippen LogP contribution in [-0.4, -0.2) is 15.1 Å². The van der Waals surface area contributed by atoms with Crippen LogP contribution in [0.2, 0.25) is 0 Å². The van der Waals surface area contributed by atoms with Gasteiger partial charge in [-0.25, -0.2) is 8.78 Å². The van der Waals surface area contributed by atoms with Crippen LogP contribution in [0.4, 0.5) is 8.78 Å². The molecule has 0 aliphatic rings. The number of hydrogen-bond donors (Lipinski definition) is 0. The van der Waals surface area contributed by atoms with Gasteiger partial charge < -0.3 is 0 Å². The second-order valence-electron chi connectivity index (χ2n) is 3.29. The minimum atomic E-state index is -4.66. The number of rotatable bonds is 5. The van der Waals surface area contributed by atoms with Crippen LogP contribution in [0.1, 0.15) is 12.5 Å². The summed E-state index contributed by atoms with van der Waals surface area (Å²) in [6.07, 6.45) is -0.0528. The highest BCUT2D eigenvalue weighted by atomic mass is 32.2. The number of benzene rings is 1. The highest BCUT2D eigenvalue weighted by Crippen LogP contribution is 2.27. The Balaban J connectivity index is 3.31. The van der Waals surface area contributed by atoms with Crippen LogP contribution < -0.4 is 0 Å². The van der Waals surface area contributed by atoms with Gasteiger partial charge in [0.05, 0.1) is 0 Å². The van der Waals surface area contributed by atoms with Gasteiger partial charge in [0.1, 0.15) is 16.5 Å². The van der Waals surface area contributed by atoms with Gasteiger partial charge in [0.15, 0.2) is 0 Å². The summed E-state index contributed by atoms with van der Waals surface area (Å²) in [7, 11) is -7.35. The maximum absolute atomic E-state index is 13.5. The fourth-order valence-corrected chi connectivity index (χ4v) is 2.96. The van der Waals surface area contributed by atoms with Crippen molar-refractivity contribution in [2.45, 2.75) is 18.2 Å². The quantitative estimate of drug-likeness (QED) is 0.474. The van der Waals surface area contributed by atoms with Gasteiger partial charge in [-0.1, -0.05) is 11.3 Å². The second-order valence-corrected chi connectivity index (χ2v) is 5.89. The molecule has 1 aromatic carbocycles. The standard InChI is InChI=1S/C9H11F2O5PS/c1-3-6-7(10)4-5-8(11)9(6)18(13,14)16-15-17(2)12/h4-5,17H,3H2,1-2H3. The molecule has 18 heavy (non-hydrogen) atoms. The van der Waals surface area contributed by atoms with E-state index >= 15 is 0 Å². The van der Waals surface area contributed by atoms with E-state index in [1.54, 1.807) is 0 Å². The van der Waals surface area contributed by atoms with Gasteiger partial charge in [0.2, 0.25) is 8.03 Å². The Hall–Kier alpha value is -0.820. The third-order valence-electron chi connectivity index (χ3n) is 2.00. The summed E-state index contributed by atoms with van der Waals surface area (Å²) in [6.45, 7) is 2.54. The van der Waals surface area contributed by atoms with Gasteiger partial charge in [0.25, 0.3) is 0 Å². The van der Waals surface area contributed by atoms with E-state index in [0.29, 0.717) is 6.07 Å². The molecule has 5 nitrogen and oxygen atoms in total. The zero-order valence-corrected chi connectivity index (χ0v) is 11.4. The molecule has 0 bridgehead atoms. The second kappa shape index (κ2) is 5.88. The summed E-state index contributed by atoms with van der Waals surface area (Å²) in [5.41, 5.74) is -0.352. The molecule has 0 radical (unpaired) electrons. The molecule has 0 saturated heterocycles. The van der Waals surface area contributed by atoms with Crippen LogP contribution in [0.15, 0.2) is 17.0 Å². The van der Waals surface area contributed by atoms with Crippen molar-refractivity contribution >= 4 is 18.1 Å². The minimum Gasteiger partial charge on any atom is -0.294 e. The summed E-state index contributed by atoms with van der Waals surface area (Å²) >= 11 is 0. The fraction of sp³-hybridized carbons (Fsp3) is 0.333. The first-order valence-corrected chi connectivity index (χ1v) is 8.10. The van der Waals surface area contributed by atoms with Crippen LogP contribution in [0, 0.1) is 11.6 Å². The molecule has 1 aromatic rings. The van der Waals surface area contributed by atoms with E-state index in [2.05, 4.69) is 9.01 Å². The van der Waals surface area contributed by atoms with E-state index < -0.39 is 34.7 Å². The van der Waals surface area contributed by atoms with Crippen molar-refractivity contribution in [3.8, 4) is 0 Å². The Morgan fingerprint density at radius 1 is 1.28 bits per heavy atom. The fourth-order valence-electron chi connectivity index (χ4n) is 1.30. The molecular formula is C9H11F2O5PS. The first-order valence-electron chi connectivity index (χ1n) is 4.88. The van der Waals surface area contributed by atoms with Crippen molar-refractivity contribution < 1.29 is 30.8 Å². The molecule has 9 heteroatoms. The van der Waals surface area contributed by atoms with Crippen LogP contribution in [-0.2, 0) is 30.1 Å². The normalized spacial score (nSPS) is 13.6. The van der Waals surface area contributed by atoms with Crippen LogP contribution in [0.3, 0.4) is 0 Å². The maximum Gasteiger partial charge on any atom is 0.326 e. The lowest BCUT2D eigenvalue weighted by Gasteiger charge is -2.09. The molecule has 1 unspecified atom stereocenters. The molecule has 0 amide bonds. The maximum atomic E-state index is 13.5. The van der Waals surface area contributed by atoms with Gasteiger partial charge >= 0.3 is 10.1 Å². The van der Waals surface area contributed by atoms with E-state index in [1.807, 2.05) is 0 Å². The smallest absolute Gasteiger partial charge is 0.294 e. The summed E-state index contributed by atoms with van der Waals surface area (Å²) in [5.74, 6) is -2.03. The number of hydrogen-bond acceptors (Lipinski definition) is 5. The third kappa shape index (κ3) is 3.35. The van der Waals surface area contributed by atoms with Gasteiger partial charge in [0, 0.05) is 12.2 Å². The van der Waals surface area contributed by atoms with Gasteiger partial charge in [-0.15, -0.1) is 0 Å². The predicted molar refractivity (Wildman–Crippen MR) is 60.0 cm³/mol. The molecule has 1 rings (SSSR count). The Kier molecular flexibility index (Phi) is 4.98. The largest absolute Gasteiger partial charge is 0.326 e. The zero-order valence-electron chi connectivity index (χ0n) is 9.57. The van der Waals surface area contributed by atoms with Crippen molar-refractivity contribution in [2.24, 2.45) is 0 Å². The Bertz CT molecular complexity index is 573. The van der Waals surface area contributed by atoms with Crippen LogP contribution in [0.5, 0.6) is 0 Å². The molecule has 1 atom stereocenters. The molecule has 0 spiro atoms. The lowest BCUT2D eigenvalue weighted by Crippen LogP contribution is -2.11. The zero-order chi connectivity index (χ0) is 13.9. The van der Waals surface area contributed by atoms with Crippen LogP contribution >= 0.6 is 8.03 Å². The average molecular weight is 300 g/mol. The number of halogens is 2. The molecular weight excluding hydrogens is 289 g/mol. The van der Waals surface area contributed by atoms with Gasteiger partial charge in [-0.3, -0.25) is 4.57 Å². The van der Waals surface area contributed by atoms with E-state index in [0.717, 1.165) is 12.7 Å². The highest BCUT2D eigenvalue weighted by Gasteiger charge is 2.27. The molecule has 0 fully saturated rings. The molecule has 0 N–H and O–H groups in total. The third-order valence-corrected chi connectivity index (χ3v) is 3.63. The SMILES string of the molecule is CCc1c(F)ccc(F)c1S(=O)(=O)OO[PH](C)=O. The molecule has 0 saturated carbocycles.